The van der Waals surface area contributed by atoms with Crippen molar-refractivity contribution < 1.29 is 4.74 Å². The first-order valence-corrected chi connectivity index (χ1v) is 6.88. The summed E-state index contributed by atoms with van der Waals surface area (Å²) in [6, 6.07) is 14.4. The summed E-state index contributed by atoms with van der Waals surface area (Å²) >= 11 is 0. The third-order valence-corrected chi connectivity index (χ3v) is 3.17. The standard InChI is InChI=1S/C17H22N2O/c1-4-20-17-10-15(18)9-16(11-17)19(3)12-14-7-5-6-13(2)8-14/h5-11H,4,12,18H2,1-3H3. The quantitative estimate of drug-likeness (QED) is 0.843. The molecule has 0 saturated heterocycles. The van der Waals surface area contributed by atoms with Crippen LogP contribution in [0.15, 0.2) is 42.5 Å². The summed E-state index contributed by atoms with van der Waals surface area (Å²) in [6.07, 6.45) is 0. The molecule has 3 heteroatoms. The maximum Gasteiger partial charge on any atom is 0.123 e. The molecule has 0 spiro atoms. The molecule has 106 valence electrons. The van der Waals surface area contributed by atoms with Gasteiger partial charge in [0, 0.05) is 37.1 Å². The van der Waals surface area contributed by atoms with Crippen LogP contribution in [0.4, 0.5) is 11.4 Å². The maximum atomic E-state index is 5.94. The minimum Gasteiger partial charge on any atom is -0.494 e. The molecule has 0 amide bonds. The number of aryl methyl sites for hydroxylation is 1. The third kappa shape index (κ3) is 3.67. The molecule has 2 rings (SSSR count). The second kappa shape index (κ2) is 6.33. The van der Waals surface area contributed by atoms with E-state index >= 15 is 0 Å². The molecule has 2 N–H and O–H groups in total. The van der Waals surface area contributed by atoms with Gasteiger partial charge in [0.15, 0.2) is 0 Å². The van der Waals surface area contributed by atoms with E-state index in [2.05, 4.69) is 43.1 Å². The summed E-state index contributed by atoms with van der Waals surface area (Å²) < 4.78 is 5.54. The number of nitrogen functional groups attached to an aromatic ring is 1. The van der Waals surface area contributed by atoms with Gasteiger partial charge in [-0.05, 0) is 25.5 Å². The molecule has 2 aromatic carbocycles. The van der Waals surface area contributed by atoms with Crippen LogP contribution < -0.4 is 15.4 Å². The van der Waals surface area contributed by atoms with Crippen LogP contribution in [0.2, 0.25) is 0 Å². The molecule has 20 heavy (non-hydrogen) atoms. The van der Waals surface area contributed by atoms with Crippen molar-refractivity contribution in [3.63, 3.8) is 0 Å². The van der Waals surface area contributed by atoms with Crippen molar-refractivity contribution in [3.05, 3.63) is 53.6 Å². The van der Waals surface area contributed by atoms with E-state index in [0.717, 1.165) is 23.7 Å². The normalized spacial score (nSPS) is 10.3. The van der Waals surface area contributed by atoms with Crippen molar-refractivity contribution in [3.8, 4) is 5.75 Å². The summed E-state index contributed by atoms with van der Waals surface area (Å²) in [5, 5.41) is 0. The van der Waals surface area contributed by atoms with Gasteiger partial charge in [0.2, 0.25) is 0 Å². The van der Waals surface area contributed by atoms with Crippen LogP contribution in [-0.4, -0.2) is 13.7 Å². The Morgan fingerprint density at radius 1 is 1.15 bits per heavy atom. The molecule has 3 nitrogen and oxygen atoms in total. The van der Waals surface area contributed by atoms with Crippen LogP contribution in [0.3, 0.4) is 0 Å². The predicted octanol–water partition coefficient (Wildman–Crippen LogP) is 3.61. The van der Waals surface area contributed by atoms with Gasteiger partial charge in [0.25, 0.3) is 0 Å². The van der Waals surface area contributed by atoms with E-state index in [0.29, 0.717) is 6.61 Å². The lowest BCUT2D eigenvalue weighted by molar-refractivity contribution is 0.340. The highest BCUT2D eigenvalue weighted by atomic mass is 16.5. The highest BCUT2D eigenvalue weighted by molar-refractivity contribution is 5.60. The second-order valence-corrected chi connectivity index (χ2v) is 5.04. The second-order valence-electron chi connectivity index (χ2n) is 5.04. The lowest BCUT2D eigenvalue weighted by Crippen LogP contribution is -2.16. The van der Waals surface area contributed by atoms with Gasteiger partial charge in [0.05, 0.1) is 6.61 Å². The number of nitrogens with zero attached hydrogens (tertiary/aromatic N) is 1. The zero-order valence-electron chi connectivity index (χ0n) is 12.4. The first kappa shape index (κ1) is 14.3. The molecule has 0 aromatic heterocycles. The Kier molecular flexibility index (Phi) is 4.51. The Balaban J connectivity index is 2.18. The van der Waals surface area contributed by atoms with E-state index in [1.807, 2.05) is 25.1 Å². The van der Waals surface area contributed by atoms with Gasteiger partial charge in [-0.1, -0.05) is 29.8 Å². The first-order valence-electron chi connectivity index (χ1n) is 6.88. The molecular weight excluding hydrogens is 248 g/mol. The third-order valence-electron chi connectivity index (χ3n) is 3.17. The molecule has 0 bridgehead atoms. The number of hydrogen-bond acceptors (Lipinski definition) is 3. The maximum absolute atomic E-state index is 5.94. The number of ether oxygens (including phenoxy) is 1. The fraction of sp³-hybridized carbons (Fsp3) is 0.294. The molecular formula is C17H22N2O. The molecule has 0 saturated carbocycles. The molecule has 0 fully saturated rings. The van der Waals surface area contributed by atoms with Gasteiger partial charge >= 0.3 is 0 Å². The smallest absolute Gasteiger partial charge is 0.123 e. The van der Waals surface area contributed by atoms with E-state index in [1.165, 1.54) is 11.1 Å². The van der Waals surface area contributed by atoms with E-state index < -0.39 is 0 Å². The summed E-state index contributed by atoms with van der Waals surface area (Å²) in [7, 11) is 2.06. The fourth-order valence-corrected chi connectivity index (χ4v) is 2.25. The van der Waals surface area contributed by atoms with Crippen molar-refractivity contribution in [2.45, 2.75) is 20.4 Å². The lowest BCUT2D eigenvalue weighted by atomic mass is 10.1. The summed E-state index contributed by atoms with van der Waals surface area (Å²) in [4.78, 5) is 2.17. The number of hydrogen-bond donors (Lipinski definition) is 1. The van der Waals surface area contributed by atoms with Crippen LogP contribution in [-0.2, 0) is 6.54 Å². The Morgan fingerprint density at radius 2 is 1.95 bits per heavy atom. The zero-order chi connectivity index (χ0) is 14.5. The monoisotopic (exact) mass is 270 g/mol. The molecule has 0 atom stereocenters. The average molecular weight is 270 g/mol. The van der Waals surface area contributed by atoms with Gasteiger partial charge in [-0.25, -0.2) is 0 Å². The molecule has 0 heterocycles. The van der Waals surface area contributed by atoms with Crippen LogP contribution in [0.5, 0.6) is 5.75 Å². The van der Waals surface area contributed by atoms with Crippen LogP contribution >= 0.6 is 0 Å². The van der Waals surface area contributed by atoms with Crippen LogP contribution in [0.25, 0.3) is 0 Å². The van der Waals surface area contributed by atoms with Crippen LogP contribution in [0.1, 0.15) is 18.1 Å². The van der Waals surface area contributed by atoms with E-state index in [4.69, 9.17) is 10.5 Å². The van der Waals surface area contributed by atoms with Gasteiger partial charge in [0.1, 0.15) is 5.75 Å². The lowest BCUT2D eigenvalue weighted by Gasteiger charge is -2.21. The van der Waals surface area contributed by atoms with Crippen molar-refractivity contribution in [1.29, 1.82) is 0 Å². The molecule has 0 aliphatic carbocycles. The molecule has 0 aliphatic heterocycles. The Labute approximate surface area is 121 Å². The largest absolute Gasteiger partial charge is 0.494 e. The van der Waals surface area contributed by atoms with Gasteiger partial charge < -0.3 is 15.4 Å². The first-order chi connectivity index (χ1) is 9.58. The Hall–Kier alpha value is -2.16. The summed E-state index contributed by atoms with van der Waals surface area (Å²) in [5.41, 5.74) is 10.3. The SMILES string of the molecule is CCOc1cc(N)cc(N(C)Cc2cccc(C)c2)c1. The number of nitrogens with two attached hydrogens (primary N) is 1. The molecule has 0 unspecified atom stereocenters. The van der Waals surface area contributed by atoms with Gasteiger partial charge in [-0.3, -0.25) is 0 Å². The van der Waals surface area contributed by atoms with Gasteiger partial charge in [-0.15, -0.1) is 0 Å². The topological polar surface area (TPSA) is 38.5 Å². The summed E-state index contributed by atoms with van der Waals surface area (Å²) in [5.74, 6) is 0.818. The Morgan fingerprint density at radius 3 is 2.65 bits per heavy atom. The highest BCUT2D eigenvalue weighted by Gasteiger charge is 2.06. The van der Waals surface area contributed by atoms with E-state index in [1.54, 1.807) is 0 Å². The summed E-state index contributed by atoms with van der Waals surface area (Å²) in [6.45, 7) is 5.57. The number of rotatable bonds is 5. The number of anilines is 2. The molecule has 0 aliphatic rings. The van der Waals surface area contributed by atoms with Gasteiger partial charge in [-0.2, -0.15) is 0 Å². The molecule has 2 aromatic rings. The predicted molar refractivity (Wildman–Crippen MR) is 85.3 cm³/mol. The number of benzene rings is 2. The van der Waals surface area contributed by atoms with Crippen molar-refractivity contribution in [2.24, 2.45) is 0 Å². The van der Waals surface area contributed by atoms with Crippen molar-refractivity contribution in [1.82, 2.24) is 0 Å². The minimum absolute atomic E-state index is 0.643. The Bertz CT molecular complexity index is 581. The zero-order valence-corrected chi connectivity index (χ0v) is 12.4. The van der Waals surface area contributed by atoms with E-state index in [-0.39, 0.29) is 0 Å². The molecule has 0 radical (unpaired) electrons. The van der Waals surface area contributed by atoms with E-state index in [9.17, 15) is 0 Å². The minimum atomic E-state index is 0.643. The van der Waals surface area contributed by atoms with Crippen molar-refractivity contribution in [2.75, 3.05) is 24.3 Å². The van der Waals surface area contributed by atoms with Crippen LogP contribution in [0, 0.1) is 6.92 Å². The average Bonchev–Trinajstić information content (AvgIpc) is 2.38. The highest BCUT2D eigenvalue weighted by Crippen LogP contribution is 2.26. The van der Waals surface area contributed by atoms with Crippen molar-refractivity contribution >= 4 is 11.4 Å². The fourth-order valence-electron chi connectivity index (χ4n) is 2.25.